The lowest BCUT2D eigenvalue weighted by Gasteiger charge is -2.20. The summed E-state index contributed by atoms with van der Waals surface area (Å²) in [7, 11) is -4.27. The smallest absolute Gasteiger partial charge is 0.457 e. The number of esters is 1. The van der Waals surface area contributed by atoms with E-state index in [0.717, 1.165) is 32.1 Å². The first-order chi connectivity index (χ1) is 28.9. The molecule has 0 aliphatic carbocycles. The third-order valence-corrected chi connectivity index (χ3v) is 12.8. The summed E-state index contributed by atoms with van der Waals surface area (Å²) >= 11 is 0. The van der Waals surface area contributed by atoms with Crippen LogP contribution in [0.3, 0.4) is 0 Å². The van der Waals surface area contributed by atoms with Crippen LogP contribution in [0.15, 0.2) is 0 Å². The molecule has 0 aromatic heterocycles. The lowest BCUT2D eigenvalue weighted by molar-refractivity contribution is -0.154. The summed E-state index contributed by atoms with van der Waals surface area (Å²) in [5.74, 6) is -0.320. The van der Waals surface area contributed by atoms with E-state index in [1.165, 1.54) is 225 Å². The van der Waals surface area contributed by atoms with Crippen LogP contribution in [0.25, 0.3) is 0 Å². The van der Waals surface area contributed by atoms with E-state index in [2.05, 4.69) is 13.8 Å². The fraction of sp³-hybridized carbons (Fsp3) is 0.980. The number of nitrogens with two attached hydrogens (primary N) is 1. The molecule has 0 radical (unpaired) electrons. The molecule has 0 bridgehead atoms. The molecule has 0 aromatic carbocycles. The second kappa shape index (κ2) is 48.5. The quantitative estimate of drug-likeness (QED) is 0.0353. The predicted molar refractivity (Wildman–Crippen MR) is 252 cm³/mol. The van der Waals surface area contributed by atoms with E-state index in [1.807, 2.05) is 0 Å². The number of carbonyl (C=O) groups excluding carboxylic acids is 1. The summed E-state index contributed by atoms with van der Waals surface area (Å²) in [5, 5.41) is 0. The Labute approximate surface area is 367 Å². The summed E-state index contributed by atoms with van der Waals surface area (Å²) in [6.45, 7) is 5.01. The third-order valence-electron chi connectivity index (χ3n) is 11.8. The zero-order chi connectivity index (χ0) is 43.0. The highest BCUT2D eigenvalue weighted by Crippen LogP contribution is 2.43. The Kier molecular flexibility index (Phi) is 48.1. The predicted octanol–water partition coefficient (Wildman–Crippen LogP) is 16.0. The van der Waals surface area contributed by atoms with Crippen LogP contribution in [0.2, 0.25) is 0 Å². The fourth-order valence-corrected chi connectivity index (χ4v) is 8.71. The van der Waals surface area contributed by atoms with Gasteiger partial charge in [-0.3, -0.25) is 13.8 Å². The van der Waals surface area contributed by atoms with Crippen molar-refractivity contribution in [3.05, 3.63) is 0 Å². The largest absolute Gasteiger partial charge is 0.472 e. The van der Waals surface area contributed by atoms with Gasteiger partial charge >= 0.3 is 13.8 Å². The minimum atomic E-state index is -4.27. The van der Waals surface area contributed by atoms with Crippen LogP contribution in [0.5, 0.6) is 0 Å². The highest BCUT2D eigenvalue weighted by Gasteiger charge is 2.25. The first-order valence-corrected chi connectivity index (χ1v) is 27.5. The molecule has 0 aromatic rings. The highest BCUT2D eigenvalue weighted by atomic mass is 31.2. The molecule has 0 saturated heterocycles. The average Bonchev–Trinajstić information content (AvgIpc) is 3.23. The van der Waals surface area contributed by atoms with Crippen molar-refractivity contribution in [2.75, 3.05) is 33.0 Å². The molecule has 59 heavy (non-hydrogen) atoms. The summed E-state index contributed by atoms with van der Waals surface area (Å²) in [6, 6.07) is 0. The monoisotopic (exact) mass is 860 g/mol. The number of phosphoric ester groups is 1. The maximum Gasteiger partial charge on any atom is 0.472 e. The van der Waals surface area contributed by atoms with E-state index in [-0.39, 0.29) is 32.3 Å². The molecular weight excluding hydrogens is 758 g/mol. The molecule has 8 nitrogen and oxygen atoms in total. The van der Waals surface area contributed by atoms with E-state index < -0.39 is 13.9 Å². The number of carbonyl (C=O) groups is 1. The molecule has 2 atom stereocenters. The summed E-state index contributed by atoms with van der Waals surface area (Å²) in [5.41, 5.74) is 5.39. The molecule has 0 rings (SSSR count). The number of phosphoric acid groups is 1. The molecule has 3 N–H and O–H groups in total. The maximum absolute atomic E-state index is 12.7. The Morgan fingerprint density at radius 3 is 1.07 bits per heavy atom. The van der Waals surface area contributed by atoms with Crippen molar-refractivity contribution in [2.24, 2.45) is 5.73 Å². The van der Waals surface area contributed by atoms with E-state index in [1.54, 1.807) is 0 Å². The van der Waals surface area contributed by atoms with Crippen molar-refractivity contribution in [3.63, 3.8) is 0 Å². The molecular formula is C50H102NO7P. The van der Waals surface area contributed by atoms with Crippen LogP contribution in [0, 0.1) is 0 Å². The SMILES string of the molecule is CCCCCCCCCCCCCCCCCCCCCCCC(=O)OC(COCCCCCCCCCCCCCCCCCCCCC)COP(=O)(O)OCCN. The normalized spacial score (nSPS) is 13.2. The van der Waals surface area contributed by atoms with Crippen molar-refractivity contribution < 1.29 is 32.8 Å². The molecule has 2 unspecified atom stereocenters. The molecule has 0 amide bonds. The van der Waals surface area contributed by atoms with Gasteiger partial charge in [0.25, 0.3) is 0 Å². The Morgan fingerprint density at radius 1 is 0.441 bits per heavy atom. The number of rotatable bonds is 51. The zero-order valence-electron chi connectivity index (χ0n) is 39.5. The number of hydrogen-bond acceptors (Lipinski definition) is 7. The van der Waals surface area contributed by atoms with Crippen LogP contribution >= 0.6 is 7.82 Å². The fourth-order valence-electron chi connectivity index (χ4n) is 7.94. The zero-order valence-corrected chi connectivity index (χ0v) is 40.4. The van der Waals surface area contributed by atoms with E-state index >= 15 is 0 Å². The molecule has 0 aliphatic rings. The van der Waals surface area contributed by atoms with Crippen LogP contribution in [0.1, 0.15) is 277 Å². The van der Waals surface area contributed by atoms with E-state index in [4.69, 9.17) is 24.3 Å². The van der Waals surface area contributed by atoms with Gasteiger partial charge in [-0.25, -0.2) is 4.57 Å². The van der Waals surface area contributed by atoms with Gasteiger partial charge in [-0.2, -0.15) is 0 Å². The van der Waals surface area contributed by atoms with Crippen molar-refractivity contribution in [3.8, 4) is 0 Å². The molecule has 354 valence electrons. The van der Waals surface area contributed by atoms with Gasteiger partial charge in [0.1, 0.15) is 6.10 Å². The standard InChI is InChI=1S/C50H102NO7P/c1-3-5-7-9-11-13-15-17-19-21-23-24-25-27-29-31-33-35-37-39-41-43-50(52)58-49(48-57-59(53,54)56-46-44-51)47-55-45-42-40-38-36-34-32-30-28-26-22-20-18-16-14-12-10-8-6-4-2/h49H,3-48,51H2,1-2H3,(H,53,54). The molecule has 0 aliphatic heterocycles. The Hall–Kier alpha value is -0.500. The summed E-state index contributed by atoms with van der Waals surface area (Å²) in [4.78, 5) is 22.6. The Balaban J connectivity index is 3.87. The average molecular weight is 860 g/mol. The van der Waals surface area contributed by atoms with Gasteiger partial charge in [0.05, 0.1) is 19.8 Å². The topological polar surface area (TPSA) is 117 Å². The van der Waals surface area contributed by atoms with Crippen LogP contribution in [0.4, 0.5) is 0 Å². The first-order valence-electron chi connectivity index (χ1n) is 26.0. The van der Waals surface area contributed by atoms with Gasteiger partial charge in [0.15, 0.2) is 0 Å². The van der Waals surface area contributed by atoms with Gasteiger partial charge in [0.2, 0.25) is 0 Å². The number of ether oxygens (including phenoxy) is 2. The molecule has 0 spiro atoms. The van der Waals surface area contributed by atoms with Gasteiger partial charge in [-0.15, -0.1) is 0 Å². The van der Waals surface area contributed by atoms with Crippen molar-refractivity contribution in [1.29, 1.82) is 0 Å². The third kappa shape index (κ3) is 48.4. The van der Waals surface area contributed by atoms with Crippen LogP contribution in [-0.4, -0.2) is 49.9 Å². The minimum absolute atomic E-state index is 0.0897. The summed E-state index contributed by atoms with van der Waals surface area (Å²) in [6.07, 6.45) is 52.8. The van der Waals surface area contributed by atoms with Gasteiger partial charge < -0.3 is 20.1 Å². The Bertz CT molecular complexity index is 878. The molecule has 9 heteroatoms. The van der Waals surface area contributed by atoms with E-state index in [9.17, 15) is 14.3 Å². The second-order valence-electron chi connectivity index (χ2n) is 17.8. The lowest BCUT2D eigenvalue weighted by atomic mass is 10.0. The number of hydrogen-bond donors (Lipinski definition) is 2. The van der Waals surface area contributed by atoms with Crippen LogP contribution in [-0.2, 0) is 27.9 Å². The lowest BCUT2D eigenvalue weighted by Crippen LogP contribution is -2.28. The Morgan fingerprint density at radius 2 is 0.746 bits per heavy atom. The maximum atomic E-state index is 12.7. The van der Waals surface area contributed by atoms with Crippen molar-refractivity contribution >= 4 is 13.8 Å². The summed E-state index contributed by atoms with van der Waals surface area (Å²) < 4.78 is 33.6. The minimum Gasteiger partial charge on any atom is -0.457 e. The van der Waals surface area contributed by atoms with Crippen molar-refractivity contribution in [2.45, 2.75) is 283 Å². The van der Waals surface area contributed by atoms with Gasteiger partial charge in [-0.1, -0.05) is 258 Å². The number of unbranched alkanes of at least 4 members (excludes halogenated alkanes) is 38. The molecule has 0 heterocycles. The molecule has 0 saturated carbocycles. The van der Waals surface area contributed by atoms with E-state index in [0.29, 0.717) is 13.0 Å². The first kappa shape index (κ1) is 58.5. The molecule has 0 fully saturated rings. The van der Waals surface area contributed by atoms with Crippen LogP contribution < -0.4 is 5.73 Å². The highest BCUT2D eigenvalue weighted by molar-refractivity contribution is 7.47. The second-order valence-corrected chi connectivity index (χ2v) is 19.2. The van der Waals surface area contributed by atoms with Crippen molar-refractivity contribution in [1.82, 2.24) is 0 Å². The van der Waals surface area contributed by atoms with Gasteiger partial charge in [0, 0.05) is 19.6 Å². The van der Waals surface area contributed by atoms with Gasteiger partial charge in [-0.05, 0) is 12.8 Å².